The van der Waals surface area contributed by atoms with Crippen molar-refractivity contribution in [2.24, 2.45) is 0 Å². The van der Waals surface area contributed by atoms with Crippen LogP contribution in [0.2, 0.25) is 0 Å². The lowest BCUT2D eigenvalue weighted by molar-refractivity contribution is -0.118. The van der Waals surface area contributed by atoms with Gasteiger partial charge in [0.15, 0.2) is 0 Å². The van der Waals surface area contributed by atoms with Gasteiger partial charge < -0.3 is 44.2 Å². The summed E-state index contributed by atoms with van der Waals surface area (Å²) in [4.78, 5) is 85.1. The topological polar surface area (TPSA) is 201 Å². The Morgan fingerprint density at radius 1 is 0.380 bits per heavy atom. The number of hydrogen-bond donors (Lipinski definition) is 3. The van der Waals surface area contributed by atoms with Gasteiger partial charge in [0.25, 0.3) is 0 Å². The van der Waals surface area contributed by atoms with Crippen LogP contribution < -0.4 is 14.7 Å². The fourth-order valence-corrected chi connectivity index (χ4v) is 16.0. The van der Waals surface area contributed by atoms with Crippen molar-refractivity contribution >= 4 is 86.7 Å². The van der Waals surface area contributed by atoms with Crippen molar-refractivity contribution in [2.75, 3.05) is 34.5 Å². The summed E-state index contributed by atoms with van der Waals surface area (Å²) in [6.07, 6.45) is 26.1. The molecule has 3 aromatic carbocycles. The number of ether oxygens (including phenoxy) is 3. The number of aliphatic hydroxyl groups excluding tert-OH is 3. The number of carbonyl (C=O) groups is 6. The highest BCUT2D eigenvalue weighted by molar-refractivity contribution is 7.14. The Balaban J connectivity index is 0.000000235. The summed E-state index contributed by atoms with van der Waals surface area (Å²) < 4.78 is 15.6. The van der Waals surface area contributed by atoms with Crippen molar-refractivity contribution in [1.82, 2.24) is 0 Å². The molecule has 3 aliphatic rings. The van der Waals surface area contributed by atoms with Crippen LogP contribution in [0, 0.1) is 0 Å². The van der Waals surface area contributed by atoms with Crippen LogP contribution >= 0.6 is 34.0 Å². The Bertz CT molecular complexity index is 3030. The smallest absolute Gasteiger partial charge is 0.348 e. The largest absolute Gasteiger partial charge is 0.462 e. The quantitative estimate of drug-likeness (QED) is 0.0188. The van der Waals surface area contributed by atoms with Crippen LogP contribution in [0.3, 0.4) is 0 Å². The SMILES string of the molecule is C.CCCCC[C@@H](O)c1ccc(N2C(=O)CC[C@@H]2CCCc2ccc(C(=O)OCCC)s2)cc1.CCCCC[C@@H](O)c1ccc(N2C(=O)CC[C@H]2CCCc2ccc(C(=O)OCCC)s2)cc1.CCCCC[C@H](O)c1ccc(N2C(=O)CC[C@H]2CCCc2ccc(C(=O)OCCC)s2)cc1. The van der Waals surface area contributed by atoms with Gasteiger partial charge in [-0.1, -0.05) is 143 Å². The van der Waals surface area contributed by atoms with Crippen LogP contribution in [0.4, 0.5) is 17.1 Å². The Morgan fingerprint density at radius 2 is 0.640 bits per heavy atom. The minimum Gasteiger partial charge on any atom is -0.462 e. The number of esters is 3. The molecule has 3 amide bonds. The summed E-state index contributed by atoms with van der Waals surface area (Å²) in [5, 5.41) is 31.2. The molecular weight excluding hydrogens is 1320 g/mol. The highest BCUT2D eigenvalue weighted by Gasteiger charge is 2.35. The molecule has 0 radical (unpaired) electrons. The van der Waals surface area contributed by atoms with Crippen LogP contribution in [-0.2, 0) is 47.9 Å². The zero-order valence-corrected chi connectivity index (χ0v) is 62.2. The third-order valence-electron chi connectivity index (χ3n) is 18.7. The monoisotopic (exact) mass is 1430 g/mol. The molecule has 0 aliphatic carbocycles. The van der Waals surface area contributed by atoms with E-state index in [1.165, 1.54) is 48.6 Å². The lowest BCUT2D eigenvalue weighted by Crippen LogP contribution is -2.32. The van der Waals surface area contributed by atoms with E-state index < -0.39 is 18.3 Å². The van der Waals surface area contributed by atoms with E-state index in [1.807, 2.05) is 145 Å². The van der Waals surface area contributed by atoms with Crippen LogP contribution in [0.1, 0.15) is 301 Å². The van der Waals surface area contributed by atoms with Gasteiger partial charge >= 0.3 is 17.9 Å². The Morgan fingerprint density at radius 3 is 0.880 bits per heavy atom. The number of benzene rings is 3. The minimum atomic E-state index is -0.439. The molecule has 0 bridgehead atoms. The fraction of sp³-hybridized carbons (Fsp3) is 0.561. The number of nitrogens with zero attached hydrogens (tertiary/aromatic N) is 3. The summed E-state index contributed by atoms with van der Waals surface area (Å²) in [5.41, 5.74) is 5.52. The highest BCUT2D eigenvalue weighted by Crippen LogP contribution is 2.36. The van der Waals surface area contributed by atoms with E-state index in [4.69, 9.17) is 14.2 Å². The van der Waals surface area contributed by atoms with Gasteiger partial charge in [0.05, 0.1) is 38.1 Å². The number of aryl methyl sites for hydroxylation is 3. The molecule has 3 N–H and O–H groups in total. The van der Waals surface area contributed by atoms with E-state index >= 15 is 0 Å². The predicted molar refractivity (Wildman–Crippen MR) is 408 cm³/mol. The molecule has 0 unspecified atom stereocenters. The first kappa shape index (κ1) is 82.4. The van der Waals surface area contributed by atoms with E-state index in [2.05, 4.69) is 20.8 Å². The molecule has 3 aromatic heterocycles. The van der Waals surface area contributed by atoms with E-state index in [1.54, 1.807) is 0 Å². The van der Waals surface area contributed by atoms with Crippen LogP contribution in [0.5, 0.6) is 0 Å². The molecule has 6 heterocycles. The Kier molecular flexibility index (Phi) is 36.9. The molecule has 9 rings (SSSR count). The van der Waals surface area contributed by atoms with Crippen molar-refractivity contribution in [3.05, 3.63) is 155 Å². The molecule has 3 aliphatic heterocycles. The molecule has 0 spiro atoms. The number of rotatable bonds is 39. The van der Waals surface area contributed by atoms with Crippen molar-refractivity contribution in [2.45, 2.75) is 278 Å². The molecule has 3 saturated heterocycles. The van der Waals surface area contributed by atoms with Gasteiger partial charge in [-0.15, -0.1) is 34.0 Å². The van der Waals surface area contributed by atoms with Crippen molar-refractivity contribution in [3.63, 3.8) is 0 Å². The number of hydrogen-bond acceptors (Lipinski definition) is 15. The van der Waals surface area contributed by atoms with Crippen molar-refractivity contribution < 1.29 is 58.3 Å². The normalized spacial score (nSPS) is 16.7. The zero-order valence-electron chi connectivity index (χ0n) is 59.8. The summed E-state index contributed by atoms with van der Waals surface area (Å²) >= 11 is 4.51. The second-order valence-electron chi connectivity index (χ2n) is 26.6. The first-order valence-electron chi connectivity index (χ1n) is 37.2. The summed E-state index contributed by atoms with van der Waals surface area (Å²) in [5.74, 6) is -0.186. The first-order valence-corrected chi connectivity index (χ1v) is 39.6. The molecule has 15 nitrogen and oxygen atoms in total. The molecule has 548 valence electrons. The van der Waals surface area contributed by atoms with Gasteiger partial charge in [0.1, 0.15) is 14.6 Å². The van der Waals surface area contributed by atoms with Crippen LogP contribution in [0.25, 0.3) is 0 Å². The highest BCUT2D eigenvalue weighted by atomic mass is 32.1. The van der Waals surface area contributed by atoms with Crippen LogP contribution in [0.15, 0.2) is 109 Å². The molecule has 6 aromatic rings. The van der Waals surface area contributed by atoms with E-state index in [-0.39, 0.29) is 61.2 Å². The zero-order chi connectivity index (χ0) is 70.9. The van der Waals surface area contributed by atoms with Gasteiger partial charge in [-0.25, -0.2) is 14.4 Å². The first-order chi connectivity index (χ1) is 48.1. The maximum absolute atomic E-state index is 12.6. The second-order valence-corrected chi connectivity index (χ2v) is 30.1. The standard InChI is InChI=1S/3C27H37NO4S.CH4/c3*1-3-5-6-10-24(29)20-11-13-22(14-12-20)28-21(15-18-26(28)30)8-7-9-23-16-17-25(33-23)27(31)32-19-4-2;/h3*11-14,16-17,21,24,29H,3-10,15,18-19H2,1-2H3;1H4/t2*21-,24+;21-,24-;/m101./s1. The van der Waals surface area contributed by atoms with Crippen LogP contribution in [-0.4, -0.2) is 88.9 Å². The maximum atomic E-state index is 12.6. The summed E-state index contributed by atoms with van der Waals surface area (Å²) in [7, 11) is 0. The molecule has 0 saturated carbocycles. The minimum absolute atomic E-state index is 0. The maximum Gasteiger partial charge on any atom is 0.348 e. The van der Waals surface area contributed by atoms with Crippen molar-refractivity contribution in [3.8, 4) is 0 Å². The number of aliphatic hydroxyl groups is 3. The fourth-order valence-electron chi connectivity index (χ4n) is 13.1. The van der Waals surface area contributed by atoms with Gasteiger partial charge in [-0.2, -0.15) is 0 Å². The average Bonchev–Trinajstić information content (AvgIpc) is 1.63. The number of anilines is 3. The number of thiophene rings is 3. The van der Waals surface area contributed by atoms with Gasteiger partial charge in [-0.3, -0.25) is 14.4 Å². The van der Waals surface area contributed by atoms with Crippen molar-refractivity contribution in [1.29, 1.82) is 0 Å². The second kappa shape index (κ2) is 44.8. The summed E-state index contributed by atoms with van der Waals surface area (Å²) in [6, 6.07) is 35.8. The van der Waals surface area contributed by atoms with Gasteiger partial charge in [0, 0.05) is 69.1 Å². The molecular formula is C82H115N3O12S3. The molecule has 100 heavy (non-hydrogen) atoms. The Hall–Kier alpha value is -6.54. The molecule has 18 heteroatoms. The molecule has 3 fully saturated rings. The third-order valence-corrected chi connectivity index (χ3v) is 22.0. The van der Waals surface area contributed by atoms with E-state index in [0.29, 0.717) is 53.7 Å². The predicted octanol–water partition coefficient (Wildman–Crippen LogP) is 20.0. The van der Waals surface area contributed by atoms with E-state index in [0.717, 1.165) is 207 Å². The van der Waals surface area contributed by atoms with Gasteiger partial charge in [-0.05, 0) is 205 Å². The number of unbranched alkanes of at least 4 members (excludes halogenated alkanes) is 6. The lowest BCUT2D eigenvalue weighted by Gasteiger charge is -2.25. The van der Waals surface area contributed by atoms with E-state index in [9.17, 15) is 44.1 Å². The van der Waals surface area contributed by atoms with Gasteiger partial charge in [0.2, 0.25) is 17.7 Å². The third kappa shape index (κ3) is 25.8. The summed E-state index contributed by atoms with van der Waals surface area (Å²) in [6.45, 7) is 13.8. The average molecular weight is 1430 g/mol. The Labute approximate surface area is 609 Å². The number of amides is 3. The lowest BCUT2D eigenvalue weighted by atomic mass is 10.0. The molecule has 6 atom stereocenters. The number of carbonyl (C=O) groups excluding carboxylic acids is 6.